The van der Waals surface area contributed by atoms with Gasteiger partial charge in [-0.3, -0.25) is 0 Å². The first kappa shape index (κ1) is 24.9. The zero-order valence-electron chi connectivity index (χ0n) is 19.7. The largest absolute Gasteiger partial charge is 0.444 e. The number of carbonyl (C=O) groups is 1. The van der Waals surface area contributed by atoms with Crippen molar-refractivity contribution in [1.82, 2.24) is 5.32 Å². The topological polar surface area (TPSA) is 58.6 Å². The van der Waals surface area contributed by atoms with Gasteiger partial charge in [-0.15, -0.1) is 6.58 Å². The van der Waals surface area contributed by atoms with E-state index >= 15 is 0 Å². The maximum absolute atomic E-state index is 12.6. The standard InChI is InChI=1S/C26H37NO3Si/c1-8-23(22(19-28)27-24(29)30-25(2,3)4)31(26(5,6)7,20-15-11-9-12-16-20)21-17-13-10-14-18-21/h8-18,22-23,28H,1,19H2,2-7H3,(H,27,29)/t22-,23+/m0/s1. The van der Waals surface area contributed by atoms with Crippen LogP contribution in [-0.2, 0) is 4.74 Å². The molecule has 0 aromatic heterocycles. The van der Waals surface area contributed by atoms with Crippen LogP contribution in [0, 0.1) is 0 Å². The van der Waals surface area contributed by atoms with Gasteiger partial charge in [-0.05, 0) is 25.8 Å². The van der Waals surface area contributed by atoms with E-state index in [1.54, 1.807) is 0 Å². The van der Waals surface area contributed by atoms with Crippen LogP contribution in [-0.4, -0.2) is 37.5 Å². The summed E-state index contributed by atoms with van der Waals surface area (Å²) < 4.78 is 5.49. The molecule has 0 aliphatic rings. The SMILES string of the molecule is C=C[C@H]([C@H](CO)NC(=O)OC(C)(C)C)[Si](c1ccccc1)(c1ccccc1)C(C)(C)C. The van der Waals surface area contributed by atoms with E-state index in [0.717, 1.165) is 0 Å². The smallest absolute Gasteiger partial charge is 0.407 e. The molecule has 1 amide bonds. The Hall–Kier alpha value is -2.37. The fourth-order valence-corrected chi connectivity index (χ4v) is 11.1. The normalized spacial score (nSPS) is 14.4. The van der Waals surface area contributed by atoms with Gasteiger partial charge in [-0.25, -0.2) is 4.79 Å². The molecule has 0 saturated carbocycles. The second-order valence-corrected chi connectivity index (χ2v) is 14.9. The summed E-state index contributed by atoms with van der Waals surface area (Å²) in [6.07, 6.45) is 1.38. The number of benzene rings is 2. The molecule has 0 spiro atoms. The Balaban J connectivity index is 2.71. The molecule has 2 atom stereocenters. The molecule has 31 heavy (non-hydrogen) atoms. The maximum Gasteiger partial charge on any atom is 0.407 e. The van der Waals surface area contributed by atoms with Crippen molar-refractivity contribution in [2.45, 2.75) is 63.8 Å². The fourth-order valence-electron chi connectivity index (χ4n) is 4.67. The summed E-state index contributed by atoms with van der Waals surface area (Å²) in [6.45, 7) is 16.2. The predicted octanol–water partition coefficient (Wildman–Crippen LogP) is 4.49. The Kier molecular flexibility index (Phi) is 7.90. The van der Waals surface area contributed by atoms with Gasteiger partial charge in [0.15, 0.2) is 0 Å². The lowest BCUT2D eigenvalue weighted by atomic mass is 10.2. The van der Waals surface area contributed by atoms with Gasteiger partial charge in [0.05, 0.1) is 12.6 Å². The van der Waals surface area contributed by atoms with Gasteiger partial charge < -0.3 is 15.2 Å². The van der Waals surface area contributed by atoms with Crippen LogP contribution in [0.1, 0.15) is 41.5 Å². The fraction of sp³-hybridized carbons (Fsp3) is 0.423. The van der Waals surface area contributed by atoms with Crippen molar-refractivity contribution < 1.29 is 14.6 Å². The minimum atomic E-state index is -2.64. The third-order valence-electron chi connectivity index (χ3n) is 5.73. The molecule has 0 bridgehead atoms. The Labute approximate surface area is 188 Å². The third-order valence-corrected chi connectivity index (χ3v) is 12.2. The monoisotopic (exact) mass is 439 g/mol. The highest BCUT2D eigenvalue weighted by atomic mass is 28.3. The lowest BCUT2D eigenvalue weighted by Gasteiger charge is -2.50. The second kappa shape index (κ2) is 9.84. The van der Waals surface area contributed by atoms with E-state index in [9.17, 15) is 9.90 Å². The summed E-state index contributed by atoms with van der Waals surface area (Å²) in [5.74, 6) is 0. The lowest BCUT2D eigenvalue weighted by molar-refractivity contribution is 0.0483. The van der Waals surface area contributed by atoms with Crippen LogP contribution in [0.4, 0.5) is 4.79 Å². The average molecular weight is 440 g/mol. The summed E-state index contributed by atoms with van der Waals surface area (Å²) in [5.41, 5.74) is -0.791. The van der Waals surface area contributed by atoms with Crippen LogP contribution < -0.4 is 15.7 Å². The molecule has 0 heterocycles. The van der Waals surface area contributed by atoms with Crippen LogP contribution in [0.5, 0.6) is 0 Å². The molecule has 2 N–H and O–H groups in total. The maximum atomic E-state index is 12.6. The van der Waals surface area contributed by atoms with E-state index in [1.807, 2.05) is 39.0 Å². The van der Waals surface area contributed by atoms with Crippen molar-refractivity contribution in [3.05, 3.63) is 73.3 Å². The van der Waals surface area contributed by atoms with Crippen molar-refractivity contribution in [2.75, 3.05) is 6.61 Å². The molecule has 4 nitrogen and oxygen atoms in total. The number of carbonyl (C=O) groups excluding carboxylic acids is 1. The molecular formula is C26H37NO3Si. The van der Waals surface area contributed by atoms with Crippen molar-refractivity contribution in [3.8, 4) is 0 Å². The number of alkyl carbamates (subject to hydrolysis) is 1. The van der Waals surface area contributed by atoms with Crippen molar-refractivity contribution in [2.24, 2.45) is 0 Å². The first-order chi connectivity index (χ1) is 14.5. The van der Waals surface area contributed by atoms with Crippen LogP contribution in [0.15, 0.2) is 73.3 Å². The van der Waals surface area contributed by atoms with E-state index in [0.29, 0.717) is 0 Å². The molecule has 0 aliphatic carbocycles. The Bertz CT molecular complexity index is 814. The highest BCUT2D eigenvalue weighted by Crippen LogP contribution is 2.45. The molecule has 2 rings (SSSR count). The number of hydrogen-bond acceptors (Lipinski definition) is 3. The van der Waals surface area contributed by atoms with Crippen LogP contribution in [0.2, 0.25) is 10.6 Å². The van der Waals surface area contributed by atoms with Crippen LogP contribution in [0.25, 0.3) is 0 Å². The Morgan fingerprint density at radius 2 is 1.45 bits per heavy atom. The van der Waals surface area contributed by atoms with Crippen molar-refractivity contribution >= 4 is 24.5 Å². The van der Waals surface area contributed by atoms with E-state index in [-0.39, 0.29) is 17.2 Å². The van der Waals surface area contributed by atoms with E-state index in [2.05, 4.69) is 81.2 Å². The number of ether oxygens (including phenoxy) is 1. The molecule has 0 aliphatic heterocycles. The predicted molar refractivity (Wildman–Crippen MR) is 132 cm³/mol. The van der Waals surface area contributed by atoms with E-state index < -0.39 is 25.8 Å². The van der Waals surface area contributed by atoms with Gasteiger partial charge in [-0.1, -0.05) is 97.9 Å². The van der Waals surface area contributed by atoms with Gasteiger partial charge in [0.25, 0.3) is 0 Å². The van der Waals surface area contributed by atoms with Crippen LogP contribution >= 0.6 is 0 Å². The highest BCUT2D eigenvalue weighted by molar-refractivity contribution is 7.05. The van der Waals surface area contributed by atoms with E-state index in [4.69, 9.17) is 4.74 Å². The molecule has 168 valence electrons. The van der Waals surface area contributed by atoms with Gasteiger partial charge in [-0.2, -0.15) is 0 Å². The first-order valence-electron chi connectivity index (χ1n) is 10.8. The Morgan fingerprint density at radius 1 is 1.00 bits per heavy atom. The van der Waals surface area contributed by atoms with Crippen LogP contribution in [0.3, 0.4) is 0 Å². The number of rotatable bonds is 7. The number of nitrogens with one attached hydrogen (secondary N) is 1. The molecule has 5 heteroatoms. The van der Waals surface area contributed by atoms with Gasteiger partial charge >= 0.3 is 6.09 Å². The molecular weight excluding hydrogens is 402 g/mol. The zero-order chi connectivity index (χ0) is 23.3. The summed E-state index contributed by atoms with van der Waals surface area (Å²) in [6, 6.07) is 20.4. The zero-order valence-corrected chi connectivity index (χ0v) is 20.7. The minimum Gasteiger partial charge on any atom is -0.444 e. The number of hydrogen-bond donors (Lipinski definition) is 2. The lowest BCUT2D eigenvalue weighted by Crippen LogP contribution is -2.70. The number of aliphatic hydroxyl groups is 1. The van der Waals surface area contributed by atoms with Gasteiger partial charge in [0, 0.05) is 5.54 Å². The molecule has 0 unspecified atom stereocenters. The molecule has 2 aromatic rings. The van der Waals surface area contributed by atoms with E-state index in [1.165, 1.54) is 10.4 Å². The highest BCUT2D eigenvalue weighted by Gasteiger charge is 2.54. The summed E-state index contributed by atoms with van der Waals surface area (Å²) >= 11 is 0. The molecule has 2 aromatic carbocycles. The van der Waals surface area contributed by atoms with Gasteiger partial charge in [0.2, 0.25) is 0 Å². The van der Waals surface area contributed by atoms with Crippen molar-refractivity contribution in [3.63, 3.8) is 0 Å². The van der Waals surface area contributed by atoms with Gasteiger partial charge in [0.1, 0.15) is 13.7 Å². The molecule has 0 radical (unpaired) electrons. The second-order valence-electron chi connectivity index (χ2n) is 9.99. The minimum absolute atomic E-state index is 0.141. The number of aliphatic hydroxyl groups excluding tert-OH is 1. The molecule has 0 fully saturated rings. The molecule has 0 saturated heterocycles. The Morgan fingerprint density at radius 3 is 1.77 bits per heavy atom. The number of amides is 1. The summed E-state index contributed by atoms with van der Waals surface area (Å²) in [4.78, 5) is 12.6. The first-order valence-corrected chi connectivity index (χ1v) is 12.9. The van der Waals surface area contributed by atoms with Crippen molar-refractivity contribution in [1.29, 1.82) is 0 Å². The summed E-state index contributed by atoms with van der Waals surface area (Å²) in [5, 5.41) is 15.7. The average Bonchev–Trinajstić information content (AvgIpc) is 2.69. The third kappa shape index (κ3) is 5.46. The summed E-state index contributed by atoms with van der Waals surface area (Å²) in [7, 11) is -2.64. The quantitative estimate of drug-likeness (QED) is 0.494.